The largest absolute Gasteiger partial charge is 0.343 e. The van der Waals surface area contributed by atoms with Gasteiger partial charge in [0.15, 0.2) is 0 Å². The SMILES string of the molecule is CC1CCN(C(=O)CCC2=NNC3C4CC(c5ccc(Cl)cc5)NN4C=CN23)CC1. The molecule has 2 fully saturated rings. The van der Waals surface area contributed by atoms with Gasteiger partial charge in [0.25, 0.3) is 0 Å². The van der Waals surface area contributed by atoms with Crippen LogP contribution in [0, 0.1) is 5.92 Å². The van der Waals surface area contributed by atoms with Crippen LogP contribution in [0.3, 0.4) is 0 Å². The molecule has 3 unspecified atom stereocenters. The first-order chi connectivity index (χ1) is 14.6. The lowest BCUT2D eigenvalue weighted by Gasteiger charge is -2.37. The van der Waals surface area contributed by atoms with E-state index in [-0.39, 0.29) is 24.2 Å². The summed E-state index contributed by atoms with van der Waals surface area (Å²) in [6.45, 7) is 4.06. The molecule has 0 aliphatic carbocycles. The smallest absolute Gasteiger partial charge is 0.223 e. The molecule has 1 amide bonds. The van der Waals surface area contributed by atoms with Gasteiger partial charge in [-0.05, 0) is 42.9 Å². The van der Waals surface area contributed by atoms with Gasteiger partial charge in [0, 0.05) is 43.4 Å². The van der Waals surface area contributed by atoms with Crippen molar-refractivity contribution in [3.05, 3.63) is 47.3 Å². The Bertz CT molecular complexity index is 848. The average Bonchev–Trinajstić information content (AvgIpc) is 3.37. The van der Waals surface area contributed by atoms with Crippen molar-refractivity contribution >= 4 is 23.3 Å². The van der Waals surface area contributed by atoms with Gasteiger partial charge in [-0.25, -0.2) is 5.43 Å². The molecule has 0 bridgehead atoms. The number of piperidine rings is 1. The summed E-state index contributed by atoms with van der Waals surface area (Å²) in [6.07, 6.45) is 8.60. The van der Waals surface area contributed by atoms with Gasteiger partial charge in [-0.3, -0.25) is 10.2 Å². The first-order valence-corrected chi connectivity index (χ1v) is 11.3. The molecule has 4 aliphatic heterocycles. The molecule has 3 atom stereocenters. The van der Waals surface area contributed by atoms with Gasteiger partial charge in [0.1, 0.15) is 12.0 Å². The van der Waals surface area contributed by atoms with Crippen molar-refractivity contribution in [3.63, 3.8) is 0 Å². The van der Waals surface area contributed by atoms with Crippen molar-refractivity contribution in [2.24, 2.45) is 11.0 Å². The van der Waals surface area contributed by atoms with Gasteiger partial charge >= 0.3 is 0 Å². The van der Waals surface area contributed by atoms with Crippen LogP contribution in [0.1, 0.15) is 50.6 Å². The van der Waals surface area contributed by atoms with Crippen molar-refractivity contribution in [3.8, 4) is 0 Å². The highest BCUT2D eigenvalue weighted by molar-refractivity contribution is 6.30. The molecule has 1 aromatic carbocycles. The number of nitrogens with one attached hydrogen (secondary N) is 2. The minimum atomic E-state index is 0.0840. The van der Waals surface area contributed by atoms with Crippen molar-refractivity contribution in [1.29, 1.82) is 0 Å². The zero-order valence-electron chi connectivity index (χ0n) is 17.3. The Morgan fingerprint density at radius 3 is 2.73 bits per heavy atom. The lowest BCUT2D eigenvalue weighted by atomic mass is 9.99. The molecule has 0 radical (unpaired) electrons. The van der Waals surface area contributed by atoms with Crippen LogP contribution in [0.15, 0.2) is 41.8 Å². The molecule has 30 heavy (non-hydrogen) atoms. The van der Waals surface area contributed by atoms with Gasteiger partial charge in [-0.15, -0.1) is 0 Å². The van der Waals surface area contributed by atoms with Crippen LogP contribution in [0.4, 0.5) is 0 Å². The number of likely N-dealkylation sites (tertiary alicyclic amines) is 1. The van der Waals surface area contributed by atoms with E-state index in [0.717, 1.165) is 49.1 Å². The van der Waals surface area contributed by atoms with Crippen LogP contribution in [-0.2, 0) is 4.79 Å². The number of benzene rings is 1. The number of rotatable bonds is 4. The molecule has 5 rings (SSSR count). The summed E-state index contributed by atoms with van der Waals surface area (Å²) < 4.78 is 0. The van der Waals surface area contributed by atoms with Crippen molar-refractivity contribution in [2.45, 2.75) is 57.3 Å². The maximum atomic E-state index is 12.6. The van der Waals surface area contributed by atoms with E-state index in [1.54, 1.807) is 0 Å². The summed E-state index contributed by atoms with van der Waals surface area (Å²) >= 11 is 6.04. The number of halogens is 1. The molecule has 0 aromatic heterocycles. The Labute approximate surface area is 182 Å². The zero-order chi connectivity index (χ0) is 20.7. The number of hydrogen-bond donors (Lipinski definition) is 2. The number of fused-ring (bicyclic) bond motifs is 3. The summed E-state index contributed by atoms with van der Waals surface area (Å²) in [5.41, 5.74) is 8.11. The van der Waals surface area contributed by atoms with E-state index in [0.29, 0.717) is 12.8 Å². The molecule has 0 saturated carbocycles. The minimum absolute atomic E-state index is 0.0840. The second kappa shape index (κ2) is 8.12. The summed E-state index contributed by atoms with van der Waals surface area (Å²) in [7, 11) is 0. The Hall–Kier alpha value is -2.25. The Balaban J connectivity index is 1.18. The fourth-order valence-corrected chi connectivity index (χ4v) is 4.98. The van der Waals surface area contributed by atoms with E-state index in [2.05, 4.69) is 57.3 Å². The maximum absolute atomic E-state index is 12.6. The molecular formula is C22H29ClN6O. The second-order valence-corrected chi connectivity index (χ2v) is 9.25. The Morgan fingerprint density at radius 1 is 1.20 bits per heavy atom. The third-order valence-corrected chi connectivity index (χ3v) is 7.04. The monoisotopic (exact) mass is 428 g/mol. The number of hydrogen-bond acceptors (Lipinski definition) is 6. The van der Waals surface area contributed by atoms with E-state index in [4.69, 9.17) is 11.6 Å². The van der Waals surface area contributed by atoms with Crippen LogP contribution in [0.25, 0.3) is 0 Å². The second-order valence-electron chi connectivity index (χ2n) is 8.81. The Morgan fingerprint density at radius 2 is 1.97 bits per heavy atom. The molecular weight excluding hydrogens is 400 g/mol. The average molecular weight is 429 g/mol. The van der Waals surface area contributed by atoms with E-state index < -0.39 is 0 Å². The molecule has 160 valence electrons. The molecule has 4 aliphatic rings. The lowest BCUT2D eigenvalue weighted by Crippen LogP contribution is -2.54. The van der Waals surface area contributed by atoms with E-state index in [1.165, 1.54) is 5.56 Å². The van der Waals surface area contributed by atoms with Crippen molar-refractivity contribution in [2.75, 3.05) is 13.1 Å². The highest BCUT2D eigenvalue weighted by Crippen LogP contribution is 2.34. The highest BCUT2D eigenvalue weighted by atomic mass is 35.5. The van der Waals surface area contributed by atoms with Gasteiger partial charge in [-0.1, -0.05) is 30.7 Å². The predicted octanol–water partition coefficient (Wildman–Crippen LogP) is 3.03. The normalized spacial score (nSPS) is 28.3. The van der Waals surface area contributed by atoms with Gasteiger partial charge < -0.3 is 14.8 Å². The van der Waals surface area contributed by atoms with Crippen LogP contribution >= 0.6 is 11.6 Å². The fraction of sp³-hybridized carbons (Fsp3) is 0.545. The molecule has 0 spiro atoms. The molecule has 2 saturated heterocycles. The van der Waals surface area contributed by atoms with Gasteiger partial charge in [0.05, 0.1) is 12.1 Å². The summed E-state index contributed by atoms with van der Waals surface area (Å²) in [5.74, 6) is 1.93. The topological polar surface area (TPSA) is 63.2 Å². The number of amidine groups is 1. The first-order valence-electron chi connectivity index (χ1n) is 10.9. The number of hydrazone groups is 1. The van der Waals surface area contributed by atoms with Crippen LogP contribution in [0.2, 0.25) is 5.02 Å². The molecule has 4 heterocycles. The zero-order valence-corrected chi connectivity index (χ0v) is 18.1. The maximum Gasteiger partial charge on any atom is 0.223 e. The minimum Gasteiger partial charge on any atom is -0.343 e. The van der Waals surface area contributed by atoms with E-state index >= 15 is 0 Å². The van der Waals surface area contributed by atoms with E-state index in [1.807, 2.05) is 17.0 Å². The predicted molar refractivity (Wildman–Crippen MR) is 117 cm³/mol. The first kappa shape index (κ1) is 19.7. The van der Waals surface area contributed by atoms with Gasteiger partial charge in [0.2, 0.25) is 5.91 Å². The quantitative estimate of drug-likeness (QED) is 0.771. The number of carbonyl (C=O) groups is 1. The number of nitrogens with zero attached hydrogens (tertiary/aromatic N) is 4. The number of carbonyl (C=O) groups excluding carboxylic acids is 1. The molecule has 8 heteroatoms. The summed E-state index contributed by atoms with van der Waals surface area (Å²) in [4.78, 5) is 16.8. The van der Waals surface area contributed by atoms with Crippen LogP contribution < -0.4 is 10.9 Å². The highest BCUT2D eigenvalue weighted by Gasteiger charge is 2.44. The number of hydrazine groups is 1. The Kier molecular flexibility index (Phi) is 5.33. The lowest BCUT2D eigenvalue weighted by molar-refractivity contribution is -0.132. The van der Waals surface area contributed by atoms with Crippen LogP contribution in [0.5, 0.6) is 0 Å². The van der Waals surface area contributed by atoms with Crippen molar-refractivity contribution < 1.29 is 4.79 Å². The summed E-state index contributed by atoms with van der Waals surface area (Å²) in [5, 5.41) is 7.50. The summed E-state index contributed by atoms with van der Waals surface area (Å²) in [6, 6.07) is 8.54. The standard InChI is InChI=1S/C22H29ClN6O/c1-15-8-10-27(11-9-15)21(30)7-6-20-24-25-22-19-14-18(16-2-4-17(23)5-3-16)26-29(19)13-12-28(20)22/h2-5,12-13,15,18-19,22,25-26H,6-11,14H2,1H3. The molecule has 1 aromatic rings. The van der Waals surface area contributed by atoms with E-state index in [9.17, 15) is 4.79 Å². The van der Waals surface area contributed by atoms with Crippen LogP contribution in [-0.4, -0.2) is 51.8 Å². The van der Waals surface area contributed by atoms with Gasteiger partial charge in [-0.2, -0.15) is 5.10 Å². The molecule has 2 N–H and O–H groups in total. The number of amides is 1. The van der Waals surface area contributed by atoms with Crippen molar-refractivity contribution in [1.82, 2.24) is 25.7 Å². The third kappa shape index (κ3) is 3.76. The molecule has 7 nitrogen and oxygen atoms in total. The third-order valence-electron chi connectivity index (χ3n) is 6.79. The fourth-order valence-electron chi connectivity index (χ4n) is 4.86.